The van der Waals surface area contributed by atoms with Crippen molar-refractivity contribution in [3.05, 3.63) is 77.6 Å². The van der Waals surface area contributed by atoms with Gasteiger partial charge in [-0.05, 0) is 41.5 Å². The minimum absolute atomic E-state index is 0.0180. The number of carbonyl (C=O) groups excluding carboxylic acids is 1. The standard InChI is InChI=1S/C21H21N3O3/c1-23(14-17-5-8-19-20(13-17)27-12-11-26-19)21(25)18-6-3-16(4-7-18)15-24-10-2-9-22-24/h2-10,13H,11-12,14-15H2,1H3. The molecule has 0 bridgehead atoms. The quantitative estimate of drug-likeness (QED) is 0.699. The topological polar surface area (TPSA) is 56.6 Å². The number of hydrogen-bond acceptors (Lipinski definition) is 4. The fourth-order valence-electron chi connectivity index (χ4n) is 3.09. The maximum atomic E-state index is 12.7. The van der Waals surface area contributed by atoms with E-state index in [-0.39, 0.29) is 5.91 Å². The summed E-state index contributed by atoms with van der Waals surface area (Å²) in [5.41, 5.74) is 2.77. The van der Waals surface area contributed by atoms with Crippen molar-refractivity contribution in [1.29, 1.82) is 0 Å². The zero-order valence-electron chi connectivity index (χ0n) is 15.2. The molecule has 6 heteroatoms. The molecule has 1 aliphatic heterocycles. The number of nitrogens with zero attached hydrogens (tertiary/aromatic N) is 3. The van der Waals surface area contributed by atoms with Crippen molar-refractivity contribution in [2.45, 2.75) is 13.1 Å². The Morgan fingerprint density at radius 3 is 2.56 bits per heavy atom. The van der Waals surface area contributed by atoms with Crippen molar-refractivity contribution in [3.63, 3.8) is 0 Å². The monoisotopic (exact) mass is 363 g/mol. The maximum Gasteiger partial charge on any atom is 0.253 e. The summed E-state index contributed by atoms with van der Waals surface area (Å²) in [4.78, 5) is 14.4. The van der Waals surface area contributed by atoms with Crippen molar-refractivity contribution in [1.82, 2.24) is 14.7 Å². The van der Waals surface area contributed by atoms with E-state index in [2.05, 4.69) is 5.10 Å². The minimum Gasteiger partial charge on any atom is -0.486 e. The molecular weight excluding hydrogens is 342 g/mol. The van der Waals surface area contributed by atoms with Gasteiger partial charge in [0, 0.05) is 31.5 Å². The molecule has 138 valence electrons. The fraction of sp³-hybridized carbons (Fsp3) is 0.238. The lowest BCUT2D eigenvalue weighted by molar-refractivity contribution is 0.0784. The van der Waals surface area contributed by atoms with Crippen LogP contribution in [0.1, 0.15) is 21.5 Å². The molecule has 0 unspecified atom stereocenters. The predicted octanol–water partition coefficient (Wildman–Crippen LogP) is 2.97. The summed E-state index contributed by atoms with van der Waals surface area (Å²) in [5, 5.41) is 4.20. The number of aromatic nitrogens is 2. The number of fused-ring (bicyclic) bond motifs is 1. The van der Waals surface area contributed by atoms with Gasteiger partial charge in [0.15, 0.2) is 11.5 Å². The third kappa shape index (κ3) is 3.95. The number of benzene rings is 2. The lowest BCUT2D eigenvalue weighted by atomic mass is 10.1. The number of carbonyl (C=O) groups is 1. The van der Waals surface area contributed by atoms with Crippen LogP contribution < -0.4 is 9.47 Å². The van der Waals surface area contributed by atoms with E-state index in [9.17, 15) is 4.79 Å². The Morgan fingerprint density at radius 1 is 1.07 bits per heavy atom. The smallest absolute Gasteiger partial charge is 0.253 e. The highest BCUT2D eigenvalue weighted by Gasteiger charge is 2.15. The van der Waals surface area contributed by atoms with Crippen LogP contribution in [-0.4, -0.2) is 40.8 Å². The summed E-state index contributed by atoms with van der Waals surface area (Å²) < 4.78 is 13.0. The van der Waals surface area contributed by atoms with Crippen molar-refractivity contribution < 1.29 is 14.3 Å². The lowest BCUT2D eigenvalue weighted by Gasteiger charge is -2.21. The lowest BCUT2D eigenvalue weighted by Crippen LogP contribution is -2.26. The van der Waals surface area contributed by atoms with Crippen LogP contribution in [0.3, 0.4) is 0 Å². The third-order valence-corrected chi connectivity index (χ3v) is 4.48. The van der Waals surface area contributed by atoms with Crippen LogP contribution in [-0.2, 0) is 13.1 Å². The predicted molar refractivity (Wildman–Crippen MR) is 101 cm³/mol. The van der Waals surface area contributed by atoms with Gasteiger partial charge in [-0.25, -0.2) is 0 Å². The molecule has 0 N–H and O–H groups in total. The molecule has 0 spiro atoms. The zero-order chi connectivity index (χ0) is 18.6. The number of amides is 1. The van der Waals surface area contributed by atoms with E-state index in [4.69, 9.17) is 9.47 Å². The van der Waals surface area contributed by atoms with Crippen LogP contribution in [0.2, 0.25) is 0 Å². The molecule has 0 aliphatic carbocycles. The average molecular weight is 363 g/mol. The molecule has 0 radical (unpaired) electrons. The maximum absolute atomic E-state index is 12.7. The van der Waals surface area contributed by atoms with Gasteiger partial charge in [0.2, 0.25) is 0 Å². The van der Waals surface area contributed by atoms with Gasteiger partial charge in [0.1, 0.15) is 13.2 Å². The van der Waals surface area contributed by atoms with Gasteiger partial charge in [0.05, 0.1) is 6.54 Å². The highest BCUT2D eigenvalue weighted by molar-refractivity contribution is 5.94. The Balaban J connectivity index is 1.41. The first-order valence-electron chi connectivity index (χ1n) is 8.89. The molecule has 4 rings (SSSR count). The first kappa shape index (κ1) is 17.1. The summed E-state index contributed by atoms with van der Waals surface area (Å²) in [7, 11) is 1.80. The van der Waals surface area contributed by atoms with Crippen molar-refractivity contribution in [2.75, 3.05) is 20.3 Å². The Morgan fingerprint density at radius 2 is 1.81 bits per heavy atom. The van der Waals surface area contributed by atoms with E-state index < -0.39 is 0 Å². The van der Waals surface area contributed by atoms with Gasteiger partial charge in [-0.3, -0.25) is 9.48 Å². The molecular formula is C21H21N3O3. The van der Waals surface area contributed by atoms with E-state index in [0.717, 1.165) is 22.6 Å². The molecule has 0 fully saturated rings. The third-order valence-electron chi connectivity index (χ3n) is 4.48. The molecule has 0 saturated heterocycles. The number of rotatable bonds is 5. The van der Waals surface area contributed by atoms with Gasteiger partial charge >= 0.3 is 0 Å². The van der Waals surface area contributed by atoms with Crippen molar-refractivity contribution in [2.24, 2.45) is 0 Å². The Hall–Kier alpha value is -3.28. The average Bonchev–Trinajstić information content (AvgIpc) is 3.21. The summed E-state index contributed by atoms with van der Waals surface area (Å²) in [5.74, 6) is 1.48. The first-order valence-corrected chi connectivity index (χ1v) is 8.89. The van der Waals surface area contributed by atoms with Gasteiger partial charge in [-0.2, -0.15) is 5.10 Å². The molecule has 1 amide bonds. The van der Waals surface area contributed by atoms with Crippen LogP contribution in [0, 0.1) is 0 Å². The van der Waals surface area contributed by atoms with Gasteiger partial charge in [-0.15, -0.1) is 0 Å². The fourth-order valence-corrected chi connectivity index (χ4v) is 3.09. The summed E-state index contributed by atoms with van der Waals surface area (Å²) in [6.07, 6.45) is 3.67. The second-order valence-corrected chi connectivity index (χ2v) is 6.54. The molecule has 2 aromatic carbocycles. The normalized spacial score (nSPS) is 12.6. The van der Waals surface area contributed by atoms with Gasteiger partial charge in [-0.1, -0.05) is 18.2 Å². The van der Waals surface area contributed by atoms with Crippen LogP contribution >= 0.6 is 0 Å². The molecule has 0 atom stereocenters. The summed E-state index contributed by atoms with van der Waals surface area (Å²) in [6, 6.07) is 15.3. The molecule has 27 heavy (non-hydrogen) atoms. The highest BCUT2D eigenvalue weighted by atomic mass is 16.6. The second-order valence-electron chi connectivity index (χ2n) is 6.54. The van der Waals surface area contributed by atoms with Gasteiger partial charge in [0.25, 0.3) is 5.91 Å². The van der Waals surface area contributed by atoms with E-state index in [1.807, 2.05) is 59.4 Å². The Labute approximate surface area is 157 Å². The van der Waals surface area contributed by atoms with E-state index in [0.29, 0.717) is 31.9 Å². The van der Waals surface area contributed by atoms with Crippen LogP contribution in [0.25, 0.3) is 0 Å². The summed E-state index contributed by atoms with van der Waals surface area (Å²) in [6.45, 7) is 2.32. The number of hydrogen-bond donors (Lipinski definition) is 0. The molecule has 1 aromatic heterocycles. The zero-order valence-corrected chi connectivity index (χ0v) is 15.2. The second kappa shape index (κ2) is 7.53. The summed E-state index contributed by atoms with van der Waals surface area (Å²) >= 11 is 0. The minimum atomic E-state index is -0.0180. The van der Waals surface area contributed by atoms with Crippen molar-refractivity contribution in [3.8, 4) is 11.5 Å². The highest BCUT2D eigenvalue weighted by Crippen LogP contribution is 2.31. The van der Waals surface area contributed by atoms with Crippen molar-refractivity contribution >= 4 is 5.91 Å². The van der Waals surface area contributed by atoms with Gasteiger partial charge < -0.3 is 14.4 Å². The molecule has 6 nitrogen and oxygen atoms in total. The molecule has 0 saturated carbocycles. The van der Waals surface area contributed by atoms with Crippen LogP contribution in [0.4, 0.5) is 0 Å². The Bertz CT molecular complexity index is 920. The van der Waals surface area contributed by atoms with E-state index in [1.54, 1.807) is 18.1 Å². The van der Waals surface area contributed by atoms with E-state index >= 15 is 0 Å². The number of ether oxygens (including phenoxy) is 2. The first-order chi connectivity index (χ1) is 13.2. The molecule has 2 heterocycles. The van der Waals surface area contributed by atoms with Crippen LogP contribution in [0.15, 0.2) is 60.9 Å². The van der Waals surface area contributed by atoms with E-state index in [1.165, 1.54) is 0 Å². The molecule has 3 aromatic rings. The Kier molecular flexibility index (Phi) is 4.78. The van der Waals surface area contributed by atoms with Crippen LogP contribution in [0.5, 0.6) is 11.5 Å². The molecule has 1 aliphatic rings. The SMILES string of the molecule is CN(Cc1ccc2c(c1)OCCO2)C(=O)c1ccc(Cn2cccn2)cc1. The largest absolute Gasteiger partial charge is 0.486 e.